The van der Waals surface area contributed by atoms with Crippen molar-refractivity contribution in [2.24, 2.45) is 0 Å². The summed E-state index contributed by atoms with van der Waals surface area (Å²) in [6, 6.07) is 4.03. The average molecular weight is 435 g/mol. The Bertz CT molecular complexity index is 345. The summed E-state index contributed by atoms with van der Waals surface area (Å²) in [7, 11) is 0. The van der Waals surface area contributed by atoms with E-state index in [-0.39, 0.29) is 11.8 Å². The summed E-state index contributed by atoms with van der Waals surface area (Å²) in [4.78, 5) is 11.1. The topological polar surface area (TPSA) is 29.1 Å². The first-order valence-corrected chi connectivity index (χ1v) is 6.55. The lowest BCUT2D eigenvalue weighted by atomic mass is 10.2. The Balaban J connectivity index is 3.02. The Morgan fingerprint density at radius 1 is 1.50 bits per heavy atom. The van der Waals surface area contributed by atoms with Crippen LogP contribution in [0.5, 0.6) is 0 Å². The number of aryl methyl sites for hydroxylation is 1. The average Bonchev–Trinajstić information content (AvgIpc) is 2.10. The predicted molar refractivity (Wildman–Crippen MR) is 76.0 cm³/mol. The molecule has 0 heterocycles. The molecular weight excluding hydrogens is 427 g/mol. The number of carbonyl (C=O) groups excluding carboxylic acids is 1. The Kier molecular flexibility index (Phi) is 4.92. The SMILES string of the molecule is Cc1cc(I)cc(I)c1NC(=O)CCl. The molecule has 1 aromatic rings. The number of hydrogen-bond donors (Lipinski definition) is 1. The maximum absolute atomic E-state index is 11.1. The third-order valence-corrected chi connectivity index (χ3v) is 3.35. The molecule has 0 saturated heterocycles. The van der Waals surface area contributed by atoms with E-state index in [9.17, 15) is 4.79 Å². The monoisotopic (exact) mass is 435 g/mol. The molecule has 1 amide bonds. The Hall–Kier alpha value is 0.440. The number of halogens is 3. The van der Waals surface area contributed by atoms with Crippen LogP contribution < -0.4 is 5.32 Å². The number of anilines is 1. The normalized spacial score (nSPS) is 10.0. The number of hydrogen-bond acceptors (Lipinski definition) is 1. The summed E-state index contributed by atoms with van der Waals surface area (Å²) in [5.41, 5.74) is 1.91. The van der Waals surface area contributed by atoms with Gasteiger partial charge in [-0.15, -0.1) is 11.6 Å². The lowest BCUT2D eigenvalue weighted by Gasteiger charge is -2.10. The number of alkyl halides is 1. The first-order chi connectivity index (χ1) is 6.54. The molecule has 1 N–H and O–H groups in total. The fourth-order valence-corrected chi connectivity index (χ4v) is 3.37. The molecule has 0 bridgehead atoms. The molecular formula is C9H8ClI2NO. The number of carbonyl (C=O) groups is 1. The first kappa shape index (κ1) is 12.5. The smallest absolute Gasteiger partial charge is 0.239 e. The van der Waals surface area contributed by atoms with Gasteiger partial charge in [-0.05, 0) is 69.8 Å². The zero-order chi connectivity index (χ0) is 10.7. The van der Waals surface area contributed by atoms with Crippen LogP contribution in [0.4, 0.5) is 5.69 Å². The zero-order valence-electron chi connectivity index (χ0n) is 7.40. The number of rotatable bonds is 2. The molecule has 14 heavy (non-hydrogen) atoms. The van der Waals surface area contributed by atoms with Crippen molar-refractivity contribution in [2.75, 3.05) is 11.2 Å². The van der Waals surface area contributed by atoms with Crippen molar-refractivity contribution < 1.29 is 4.79 Å². The van der Waals surface area contributed by atoms with Gasteiger partial charge in [0.2, 0.25) is 5.91 Å². The third kappa shape index (κ3) is 3.23. The zero-order valence-corrected chi connectivity index (χ0v) is 12.5. The van der Waals surface area contributed by atoms with Crippen LogP contribution in [-0.4, -0.2) is 11.8 Å². The van der Waals surface area contributed by atoms with Gasteiger partial charge in [0.05, 0.1) is 5.69 Å². The fourth-order valence-electron chi connectivity index (χ4n) is 1.03. The van der Waals surface area contributed by atoms with Gasteiger partial charge >= 0.3 is 0 Å². The van der Waals surface area contributed by atoms with Crippen LogP contribution >= 0.6 is 56.8 Å². The molecule has 0 aliphatic carbocycles. The molecule has 0 saturated carbocycles. The maximum Gasteiger partial charge on any atom is 0.239 e. The van der Waals surface area contributed by atoms with E-state index < -0.39 is 0 Å². The van der Waals surface area contributed by atoms with Crippen molar-refractivity contribution in [3.05, 3.63) is 24.8 Å². The van der Waals surface area contributed by atoms with Gasteiger partial charge in [-0.3, -0.25) is 4.79 Å². The van der Waals surface area contributed by atoms with Crippen LogP contribution in [0.2, 0.25) is 0 Å². The van der Waals surface area contributed by atoms with Gasteiger partial charge in [0.1, 0.15) is 5.88 Å². The predicted octanol–water partition coefficient (Wildman–Crippen LogP) is 3.38. The highest BCUT2D eigenvalue weighted by atomic mass is 127. The van der Waals surface area contributed by atoms with Crippen molar-refractivity contribution in [1.29, 1.82) is 0 Å². The quantitative estimate of drug-likeness (QED) is 0.560. The minimum atomic E-state index is -0.172. The van der Waals surface area contributed by atoms with Crippen LogP contribution in [0.1, 0.15) is 5.56 Å². The summed E-state index contributed by atoms with van der Waals surface area (Å²) in [6.45, 7) is 1.97. The standard InChI is InChI=1S/C9H8ClI2NO/c1-5-2-6(11)3-7(12)9(5)13-8(14)4-10/h2-3H,4H2,1H3,(H,13,14). The van der Waals surface area contributed by atoms with E-state index in [0.29, 0.717) is 0 Å². The number of benzene rings is 1. The summed E-state index contributed by atoms with van der Waals surface area (Å²) < 4.78 is 2.19. The minimum absolute atomic E-state index is 0.0124. The lowest BCUT2D eigenvalue weighted by Crippen LogP contribution is -2.14. The van der Waals surface area contributed by atoms with E-state index in [1.54, 1.807) is 0 Å². The van der Waals surface area contributed by atoms with Crippen molar-refractivity contribution >= 4 is 68.4 Å². The van der Waals surface area contributed by atoms with Gasteiger partial charge in [0, 0.05) is 7.14 Å². The molecule has 2 nitrogen and oxygen atoms in total. The number of amides is 1. The van der Waals surface area contributed by atoms with Crippen molar-refractivity contribution in [3.63, 3.8) is 0 Å². The van der Waals surface area contributed by atoms with Gasteiger partial charge in [0.25, 0.3) is 0 Å². The Labute approximate surface area is 115 Å². The van der Waals surface area contributed by atoms with Gasteiger partial charge in [0.15, 0.2) is 0 Å². The second-order valence-corrected chi connectivity index (χ2v) is 5.44. The van der Waals surface area contributed by atoms with Crippen LogP contribution in [0, 0.1) is 14.1 Å². The van der Waals surface area contributed by atoms with Crippen LogP contribution in [0.15, 0.2) is 12.1 Å². The van der Waals surface area contributed by atoms with Crippen molar-refractivity contribution in [1.82, 2.24) is 0 Å². The van der Waals surface area contributed by atoms with Gasteiger partial charge < -0.3 is 5.32 Å². The third-order valence-electron chi connectivity index (χ3n) is 1.64. The van der Waals surface area contributed by atoms with Gasteiger partial charge in [-0.25, -0.2) is 0 Å². The van der Waals surface area contributed by atoms with Crippen molar-refractivity contribution in [2.45, 2.75) is 6.92 Å². The van der Waals surface area contributed by atoms with Crippen molar-refractivity contribution in [3.8, 4) is 0 Å². The molecule has 5 heteroatoms. The largest absolute Gasteiger partial charge is 0.324 e. The Morgan fingerprint density at radius 2 is 2.14 bits per heavy atom. The second kappa shape index (κ2) is 5.50. The van der Waals surface area contributed by atoms with E-state index in [1.165, 1.54) is 0 Å². The van der Waals surface area contributed by atoms with Crippen LogP contribution in [-0.2, 0) is 4.79 Å². The highest BCUT2D eigenvalue weighted by Gasteiger charge is 2.08. The molecule has 1 rings (SSSR count). The minimum Gasteiger partial charge on any atom is -0.324 e. The molecule has 0 radical (unpaired) electrons. The van der Waals surface area contributed by atoms with Gasteiger partial charge in [-0.2, -0.15) is 0 Å². The summed E-state index contributed by atoms with van der Waals surface area (Å²) in [5.74, 6) is -0.185. The highest BCUT2D eigenvalue weighted by Crippen LogP contribution is 2.25. The lowest BCUT2D eigenvalue weighted by molar-refractivity contribution is -0.113. The van der Waals surface area contributed by atoms with Crippen LogP contribution in [0.3, 0.4) is 0 Å². The molecule has 0 fully saturated rings. The summed E-state index contributed by atoms with van der Waals surface area (Å²) in [6.07, 6.45) is 0. The Morgan fingerprint density at radius 3 is 2.64 bits per heavy atom. The molecule has 0 spiro atoms. The molecule has 0 aromatic heterocycles. The molecule has 0 aliphatic rings. The molecule has 0 unspecified atom stereocenters. The first-order valence-electron chi connectivity index (χ1n) is 3.86. The van der Waals surface area contributed by atoms with E-state index in [1.807, 2.05) is 19.1 Å². The molecule has 1 aromatic carbocycles. The fraction of sp³-hybridized carbons (Fsp3) is 0.222. The van der Waals surface area contributed by atoms with E-state index in [4.69, 9.17) is 11.6 Å². The van der Waals surface area contributed by atoms with E-state index in [2.05, 4.69) is 50.5 Å². The molecule has 76 valence electrons. The van der Waals surface area contributed by atoms with E-state index >= 15 is 0 Å². The molecule has 0 atom stereocenters. The summed E-state index contributed by atoms with van der Waals surface area (Å²) in [5, 5.41) is 2.77. The van der Waals surface area contributed by atoms with Crippen LogP contribution in [0.25, 0.3) is 0 Å². The molecule has 0 aliphatic heterocycles. The van der Waals surface area contributed by atoms with E-state index in [0.717, 1.165) is 18.4 Å². The number of nitrogens with one attached hydrogen (secondary N) is 1. The van der Waals surface area contributed by atoms with Gasteiger partial charge in [-0.1, -0.05) is 0 Å². The summed E-state index contributed by atoms with van der Waals surface area (Å²) >= 11 is 9.87. The second-order valence-electron chi connectivity index (χ2n) is 2.76. The maximum atomic E-state index is 11.1. The highest BCUT2D eigenvalue weighted by molar-refractivity contribution is 14.1.